The highest BCUT2D eigenvalue weighted by molar-refractivity contribution is 5.98. The van der Waals surface area contributed by atoms with Gasteiger partial charge in [0.1, 0.15) is 6.04 Å². The lowest BCUT2D eigenvalue weighted by molar-refractivity contribution is -0.126. The van der Waals surface area contributed by atoms with Crippen LogP contribution in [0.15, 0.2) is 66.7 Å². The number of ether oxygens (including phenoxy) is 1. The van der Waals surface area contributed by atoms with Gasteiger partial charge in [0, 0.05) is 12.1 Å². The number of aromatic hydroxyl groups is 4. The van der Waals surface area contributed by atoms with Gasteiger partial charge in [-0.1, -0.05) is 36.4 Å². The Morgan fingerprint density at radius 3 is 2.14 bits per heavy atom. The smallest absolute Gasteiger partial charge is 0.252 e. The molecule has 35 heavy (non-hydrogen) atoms. The molecule has 2 amide bonds. The van der Waals surface area contributed by atoms with Crippen molar-refractivity contribution < 1.29 is 34.8 Å². The Bertz CT molecular complexity index is 1170. The molecule has 3 aromatic rings. The first-order chi connectivity index (χ1) is 16.7. The van der Waals surface area contributed by atoms with Gasteiger partial charge in [0.15, 0.2) is 23.0 Å². The molecule has 0 spiro atoms. The molecule has 0 heterocycles. The standard InChI is InChI=1S/C26H28N2O7/c1-16(35-15-18-5-3-2-4-6-18)24(28-25(33)19-8-10-21(30)23(32)14-19)26(34)27-12-11-17-7-9-20(29)22(31)13-17/h2-10,13-14,16,24,29-32H,11-12,15H2,1H3,(H,27,34)(H,28,33)/t16?,24-/m0/s1. The fraction of sp³-hybridized carbons (Fsp3) is 0.231. The topological polar surface area (TPSA) is 148 Å². The quantitative estimate of drug-likeness (QED) is 0.244. The van der Waals surface area contributed by atoms with E-state index in [-0.39, 0.29) is 36.0 Å². The maximum atomic E-state index is 13.0. The van der Waals surface area contributed by atoms with Gasteiger partial charge in [0.2, 0.25) is 5.91 Å². The Labute approximate surface area is 202 Å². The summed E-state index contributed by atoms with van der Waals surface area (Å²) in [5.41, 5.74) is 1.67. The number of nitrogens with one attached hydrogen (secondary N) is 2. The number of carbonyl (C=O) groups excluding carboxylic acids is 2. The largest absolute Gasteiger partial charge is 0.504 e. The molecule has 0 aromatic heterocycles. The highest BCUT2D eigenvalue weighted by Gasteiger charge is 2.28. The minimum absolute atomic E-state index is 0.0629. The zero-order chi connectivity index (χ0) is 25.4. The van der Waals surface area contributed by atoms with Crippen LogP contribution in [0.25, 0.3) is 0 Å². The minimum Gasteiger partial charge on any atom is -0.504 e. The molecule has 1 unspecified atom stereocenters. The fourth-order valence-corrected chi connectivity index (χ4v) is 3.35. The van der Waals surface area contributed by atoms with Gasteiger partial charge in [-0.15, -0.1) is 0 Å². The number of carbonyl (C=O) groups is 2. The van der Waals surface area contributed by atoms with Crippen LogP contribution in [0.5, 0.6) is 23.0 Å². The lowest BCUT2D eigenvalue weighted by Gasteiger charge is -2.25. The van der Waals surface area contributed by atoms with E-state index in [4.69, 9.17) is 4.74 Å². The Hall–Kier alpha value is -4.24. The first kappa shape index (κ1) is 25.4. The summed E-state index contributed by atoms with van der Waals surface area (Å²) in [4.78, 5) is 25.8. The summed E-state index contributed by atoms with van der Waals surface area (Å²) in [6, 6.07) is 16.3. The van der Waals surface area contributed by atoms with Crippen molar-refractivity contribution in [2.24, 2.45) is 0 Å². The Morgan fingerprint density at radius 1 is 0.829 bits per heavy atom. The van der Waals surface area contributed by atoms with Crippen molar-refractivity contribution in [1.82, 2.24) is 10.6 Å². The van der Waals surface area contributed by atoms with E-state index in [2.05, 4.69) is 10.6 Å². The second-order valence-corrected chi connectivity index (χ2v) is 8.02. The first-order valence-corrected chi connectivity index (χ1v) is 11.0. The molecule has 0 bridgehead atoms. The zero-order valence-electron chi connectivity index (χ0n) is 19.1. The first-order valence-electron chi connectivity index (χ1n) is 11.0. The predicted octanol–water partition coefficient (Wildman–Crippen LogP) is 2.57. The average molecular weight is 481 g/mol. The van der Waals surface area contributed by atoms with Gasteiger partial charge in [-0.3, -0.25) is 9.59 Å². The number of hydrogen-bond donors (Lipinski definition) is 6. The van der Waals surface area contributed by atoms with E-state index < -0.39 is 29.7 Å². The normalized spacial score (nSPS) is 12.5. The molecule has 0 fully saturated rings. The third-order valence-electron chi connectivity index (χ3n) is 5.38. The molecule has 0 aliphatic heterocycles. The van der Waals surface area contributed by atoms with Gasteiger partial charge in [-0.2, -0.15) is 0 Å². The molecule has 0 aliphatic carbocycles. The molecular formula is C26H28N2O7. The van der Waals surface area contributed by atoms with Crippen molar-refractivity contribution >= 4 is 11.8 Å². The van der Waals surface area contributed by atoms with Crippen LogP contribution < -0.4 is 10.6 Å². The lowest BCUT2D eigenvalue weighted by Crippen LogP contribution is -2.53. The summed E-state index contributed by atoms with van der Waals surface area (Å²) in [7, 11) is 0. The van der Waals surface area contributed by atoms with Crippen molar-refractivity contribution in [2.45, 2.75) is 32.1 Å². The van der Waals surface area contributed by atoms with Crippen LogP contribution in [0.3, 0.4) is 0 Å². The number of hydrogen-bond acceptors (Lipinski definition) is 7. The number of phenolic OH excluding ortho intramolecular Hbond substituents is 4. The van der Waals surface area contributed by atoms with E-state index in [9.17, 15) is 30.0 Å². The number of benzene rings is 3. The third kappa shape index (κ3) is 7.12. The van der Waals surface area contributed by atoms with Gasteiger partial charge in [0.25, 0.3) is 5.91 Å². The number of rotatable bonds is 10. The van der Waals surface area contributed by atoms with E-state index in [1.807, 2.05) is 30.3 Å². The van der Waals surface area contributed by atoms with E-state index in [0.29, 0.717) is 12.0 Å². The van der Waals surface area contributed by atoms with Crippen molar-refractivity contribution in [3.63, 3.8) is 0 Å². The Balaban J connectivity index is 1.68. The van der Waals surface area contributed by atoms with Crippen molar-refractivity contribution in [3.8, 4) is 23.0 Å². The van der Waals surface area contributed by atoms with Crippen molar-refractivity contribution in [3.05, 3.63) is 83.4 Å². The van der Waals surface area contributed by atoms with Crippen LogP contribution in [-0.4, -0.2) is 50.9 Å². The maximum Gasteiger partial charge on any atom is 0.252 e. The summed E-state index contributed by atoms with van der Waals surface area (Å²) < 4.78 is 5.86. The Kier molecular flexibility index (Phi) is 8.53. The number of amides is 2. The summed E-state index contributed by atoms with van der Waals surface area (Å²) in [6.07, 6.45) is -0.326. The predicted molar refractivity (Wildman–Crippen MR) is 128 cm³/mol. The molecule has 0 saturated carbocycles. The van der Waals surface area contributed by atoms with Crippen LogP contribution in [0.2, 0.25) is 0 Å². The second-order valence-electron chi connectivity index (χ2n) is 8.02. The zero-order valence-corrected chi connectivity index (χ0v) is 19.1. The summed E-state index contributed by atoms with van der Waals surface area (Å²) in [6.45, 7) is 2.11. The second kappa shape index (κ2) is 11.8. The van der Waals surface area contributed by atoms with Gasteiger partial charge in [-0.25, -0.2) is 0 Å². The average Bonchev–Trinajstić information content (AvgIpc) is 2.85. The molecule has 2 atom stereocenters. The highest BCUT2D eigenvalue weighted by Crippen LogP contribution is 2.25. The van der Waals surface area contributed by atoms with Gasteiger partial charge in [0.05, 0.1) is 12.7 Å². The summed E-state index contributed by atoms with van der Waals surface area (Å²) in [5, 5.41) is 43.7. The maximum absolute atomic E-state index is 13.0. The van der Waals surface area contributed by atoms with Gasteiger partial charge in [-0.05, 0) is 54.8 Å². The van der Waals surface area contributed by atoms with E-state index >= 15 is 0 Å². The molecule has 9 nitrogen and oxygen atoms in total. The lowest BCUT2D eigenvalue weighted by atomic mass is 10.1. The molecule has 0 radical (unpaired) electrons. The minimum atomic E-state index is -1.06. The monoisotopic (exact) mass is 480 g/mol. The van der Waals surface area contributed by atoms with Crippen LogP contribution in [-0.2, 0) is 22.6 Å². The van der Waals surface area contributed by atoms with Crippen LogP contribution in [0, 0.1) is 0 Å². The van der Waals surface area contributed by atoms with E-state index in [0.717, 1.165) is 11.6 Å². The van der Waals surface area contributed by atoms with Gasteiger partial charge >= 0.3 is 0 Å². The summed E-state index contributed by atoms with van der Waals surface area (Å²) >= 11 is 0. The SMILES string of the molecule is CC(OCc1ccccc1)[C@H](NC(=O)c1ccc(O)c(O)c1)C(=O)NCCc1ccc(O)c(O)c1. The van der Waals surface area contributed by atoms with Crippen LogP contribution in [0.4, 0.5) is 0 Å². The van der Waals surface area contributed by atoms with Gasteiger partial charge < -0.3 is 35.8 Å². The number of phenols is 4. The summed E-state index contributed by atoms with van der Waals surface area (Å²) in [5.74, 6) is -2.41. The molecule has 0 aliphatic rings. The van der Waals surface area contributed by atoms with Crippen molar-refractivity contribution in [1.29, 1.82) is 0 Å². The van der Waals surface area contributed by atoms with E-state index in [1.165, 1.54) is 24.3 Å². The fourth-order valence-electron chi connectivity index (χ4n) is 3.35. The van der Waals surface area contributed by atoms with Crippen molar-refractivity contribution in [2.75, 3.05) is 6.54 Å². The molecule has 0 saturated heterocycles. The van der Waals surface area contributed by atoms with Crippen LogP contribution >= 0.6 is 0 Å². The van der Waals surface area contributed by atoms with E-state index in [1.54, 1.807) is 13.0 Å². The molecule has 3 aromatic carbocycles. The molecular weight excluding hydrogens is 452 g/mol. The molecule has 6 N–H and O–H groups in total. The highest BCUT2D eigenvalue weighted by atomic mass is 16.5. The molecule has 184 valence electrons. The Morgan fingerprint density at radius 2 is 1.49 bits per heavy atom. The third-order valence-corrected chi connectivity index (χ3v) is 5.38. The van der Waals surface area contributed by atoms with Crippen LogP contribution in [0.1, 0.15) is 28.4 Å². The molecule has 9 heteroatoms. The molecule has 3 rings (SSSR count).